The summed E-state index contributed by atoms with van der Waals surface area (Å²) in [7, 11) is 0. The predicted octanol–water partition coefficient (Wildman–Crippen LogP) is 4.11. The summed E-state index contributed by atoms with van der Waals surface area (Å²) in [5, 5.41) is 3.41. The molecule has 3 N–H and O–H groups in total. The summed E-state index contributed by atoms with van der Waals surface area (Å²) in [4.78, 5) is 11.4. The van der Waals surface area contributed by atoms with Crippen molar-refractivity contribution < 1.29 is 9.53 Å². The minimum Gasteiger partial charge on any atom is -0.444 e. The second-order valence-corrected chi connectivity index (χ2v) is 6.00. The third kappa shape index (κ3) is 5.72. The van der Waals surface area contributed by atoms with Crippen LogP contribution in [0.1, 0.15) is 26.3 Å². The number of hydrogen-bond acceptors (Lipinski definition) is 3. The molecule has 0 heterocycles. The summed E-state index contributed by atoms with van der Waals surface area (Å²) >= 11 is 11.8. The number of ether oxygens (including phenoxy) is 1. The standard InChI is InChI=1S/C14H18Cl2N2O2/c1-14(2,3)20-13(19)18-6-4-5-9-7-10(15)12(17)11(16)8-9/h4-5,7-8H,6,17H2,1-3H3,(H,18,19). The first-order chi connectivity index (χ1) is 9.19. The number of nitrogens with two attached hydrogens (primary N) is 1. The lowest BCUT2D eigenvalue weighted by molar-refractivity contribution is 0.0534. The maximum absolute atomic E-state index is 11.4. The van der Waals surface area contributed by atoms with Gasteiger partial charge in [-0.2, -0.15) is 0 Å². The molecule has 0 spiro atoms. The quantitative estimate of drug-likeness (QED) is 0.825. The number of anilines is 1. The average molecular weight is 317 g/mol. The fourth-order valence-electron chi connectivity index (χ4n) is 1.35. The van der Waals surface area contributed by atoms with E-state index in [9.17, 15) is 4.79 Å². The first-order valence-corrected chi connectivity index (χ1v) is 6.82. The van der Waals surface area contributed by atoms with Crippen LogP contribution in [0.15, 0.2) is 18.2 Å². The molecule has 0 saturated carbocycles. The molecule has 0 aromatic heterocycles. The summed E-state index contributed by atoms with van der Waals surface area (Å²) in [6, 6.07) is 3.40. The Morgan fingerprint density at radius 1 is 1.35 bits per heavy atom. The third-order valence-electron chi connectivity index (χ3n) is 2.17. The van der Waals surface area contributed by atoms with Gasteiger partial charge in [-0.3, -0.25) is 0 Å². The minimum absolute atomic E-state index is 0.342. The molecule has 1 aromatic carbocycles. The molecule has 0 radical (unpaired) electrons. The normalized spacial score (nSPS) is 11.7. The highest BCUT2D eigenvalue weighted by atomic mass is 35.5. The molecule has 0 unspecified atom stereocenters. The molecular weight excluding hydrogens is 299 g/mol. The number of benzene rings is 1. The van der Waals surface area contributed by atoms with Crippen molar-refractivity contribution in [3.8, 4) is 0 Å². The Kier molecular flexibility index (Phi) is 5.72. The predicted molar refractivity (Wildman–Crippen MR) is 84.1 cm³/mol. The van der Waals surface area contributed by atoms with Gasteiger partial charge in [-0.25, -0.2) is 4.79 Å². The van der Waals surface area contributed by atoms with Crippen LogP contribution in [0, 0.1) is 0 Å². The fourth-order valence-corrected chi connectivity index (χ4v) is 1.86. The van der Waals surface area contributed by atoms with E-state index in [0.29, 0.717) is 22.3 Å². The van der Waals surface area contributed by atoms with E-state index in [4.69, 9.17) is 33.7 Å². The van der Waals surface area contributed by atoms with Crippen LogP contribution in [0.4, 0.5) is 10.5 Å². The number of nitrogen functional groups attached to an aromatic ring is 1. The van der Waals surface area contributed by atoms with Gasteiger partial charge in [0.15, 0.2) is 0 Å². The molecule has 1 rings (SSSR count). The van der Waals surface area contributed by atoms with Crippen molar-refractivity contribution in [2.24, 2.45) is 0 Å². The number of rotatable bonds is 3. The Balaban J connectivity index is 2.52. The second kappa shape index (κ2) is 6.86. The number of nitrogens with one attached hydrogen (secondary N) is 1. The van der Waals surface area contributed by atoms with Gasteiger partial charge in [0, 0.05) is 6.54 Å². The van der Waals surface area contributed by atoms with E-state index in [2.05, 4.69) is 5.32 Å². The van der Waals surface area contributed by atoms with Gasteiger partial charge in [-0.05, 0) is 38.5 Å². The lowest BCUT2D eigenvalue weighted by Crippen LogP contribution is -2.32. The Morgan fingerprint density at radius 2 is 1.90 bits per heavy atom. The minimum atomic E-state index is -0.508. The van der Waals surface area contributed by atoms with Crippen LogP contribution in [0.2, 0.25) is 10.0 Å². The van der Waals surface area contributed by atoms with Crippen LogP contribution in [0.25, 0.3) is 6.08 Å². The topological polar surface area (TPSA) is 64.3 Å². The summed E-state index contributed by atoms with van der Waals surface area (Å²) < 4.78 is 5.10. The van der Waals surface area contributed by atoms with Crippen LogP contribution in [0.5, 0.6) is 0 Å². The number of halogens is 2. The molecular formula is C14H18Cl2N2O2. The first-order valence-electron chi connectivity index (χ1n) is 6.07. The van der Waals surface area contributed by atoms with Crippen molar-refractivity contribution in [2.75, 3.05) is 12.3 Å². The number of alkyl carbamates (subject to hydrolysis) is 1. The van der Waals surface area contributed by atoms with Crippen LogP contribution < -0.4 is 11.1 Å². The lowest BCUT2D eigenvalue weighted by atomic mass is 10.2. The molecule has 4 nitrogen and oxygen atoms in total. The maximum Gasteiger partial charge on any atom is 0.407 e. The van der Waals surface area contributed by atoms with Crippen molar-refractivity contribution in [1.29, 1.82) is 0 Å². The molecule has 0 aliphatic carbocycles. The van der Waals surface area contributed by atoms with Gasteiger partial charge in [0.05, 0.1) is 15.7 Å². The SMILES string of the molecule is CC(C)(C)OC(=O)NCC=Cc1cc(Cl)c(N)c(Cl)c1. The summed E-state index contributed by atoms with van der Waals surface area (Å²) in [5.74, 6) is 0. The van der Waals surface area contributed by atoms with Crippen molar-refractivity contribution >= 4 is 41.1 Å². The summed E-state index contributed by atoms with van der Waals surface area (Å²) in [6.45, 7) is 5.76. The van der Waals surface area contributed by atoms with Crippen LogP contribution >= 0.6 is 23.2 Å². The van der Waals surface area contributed by atoms with Gasteiger partial charge in [0.25, 0.3) is 0 Å². The molecule has 0 fully saturated rings. The van der Waals surface area contributed by atoms with Crippen molar-refractivity contribution in [2.45, 2.75) is 26.4 Å². The van der Waals surface area contributed by atoms with Crippen molar-refractivity contribution in [3.63, 3.8) is 0 Å². The second-order valence-electron chi connectivity index (χ2n) is 5.18. The van der Waals surface area contributed by atoms with Gasteiger partial charge in [-0.15, -0.1) is 0 Å². The Hall–Kier alpha value is -1.39. The van der Waals surface area contributed by atoms with Crippen molar-refractivity contribution in [1.82, 2.24) is 5.32 Å². The molecule has 0 aliphatic rings. The van der Waals surface area contributed by atoms with E-state index >= 15 is 0 Å². The number of carbonyl (C=O) groups excluding carboxylic acids is 1. The van der Waals surface area contributed by atoms with E-state index < -0.39 is 11.7 Å². The van der Waals surface area contributed by atoms with Gasteiger partial charge >= 0.3 is 6.09 Å². The van der Waals surface area contributed by atoms with Crippen molar-refractivity contribution in [3.05, 3.63) is 33.8 Å². The number of hydrogen-bond donors (Lipinski definition) is 2. The fraction of sp³-hybridized carbons (Fsp3) is 0.357. The van der Waals surface area contributed by atoms with E-state index in [1.807, 2.05) is 0 Å². The molecule has 110 valence electrons. The lowest BCUT2D eigenvalue weighted by Gasteiger charge is -2.19. The molecule has 1 amide bonds. The average Bonchev–Trinajstić information content (AvgIpc) is 2.29. The molecule has 0 atom stereocenters. The Bertz CT molecular complexity index is 499. The molecule has 20 heavy (non-hydrogen) atoms. The third-order valence-corrected chi connectivity index (χ3v) is 2.80. The Labute approximate surface area is 128 Å². The molecule has 0 saturated heterocycles. The van der Waals surface area contributed by atoms with Gasteiger partial charge in [0.2, 0.25) is 0 Å². The van der Waals surface area contributed by atoms with E-state index in [1.165, 1.54) is 0 Å². The van der Waals surface area contributed by atoms with Gasteiger partial charge in [0.1, 0.15) is 5.60 Å². The van der Waals surface area contributed by atoms with Gasteiger partial charge in [-0.1, -0.05) is 35.4 Å². The smallest absolute Gasteiger partial charge is 0.407 e. The van der Waals surface area contributed by atoms with Crippen LogP contribution in [0.3, 0.4) is 0 Å². The van der Waals surface area contributed by atoms with Crippen LogP contribution in [-0.2, 0) is 4.74 Å². The molecule has 0 aliphatic heterocycles. The zero-order valence-corrected chi connectivity index (χ0v) is 13.2. The summed E-state index contributed by atoms with van der Waals surface area (Å²) in [5.41, 5.74) is 6.30. The van der Waals surface area contributed by atoms with Gasteiger partial charge < -0.3 is 15.8 Å². The maximum atomic E-state index is 11.4. The molecule has 6 heteroatoms. The zero-order valence-electron chi connectivity index (χ0n) is 11.7. The highest BCUT2D eigenvalue weighted by molar-refractivity contribution is 6.39. The van der Waals surface area contributed by atoms with Crippen LogP contribution in [-0.4, -0.2) is 18.2 Å². The number of amides is 1. The molecule has 1 aromatic rings. The summed E-state index contributed by atoms with van der Waals surface area (Å²) in [6.07, 6.45) is 3.09. The Morgan fingerprint density at radius 3 is 2.40 bits per heavy atom. The van der Waals surface area contributed by atoms with E-state index in [0.717, 1.165) is 5.56 Å². The monoisotopic (exact) mass is 316 g/mol. The molecule has 0 bridgehead atoms. The highest BCUT2D eigenvalue weighted by Crippen LogP contribution is 2.29. The largest absolute Gasteiger partial charge is 0.444 e. The highest BCUT2D eigenvalue weighted by Gasteiger charge is 2.14. The number of carbonyl (C=O) groups is 1. The zero-order chi connectivity index (χ0) is 15.3. The first kappa shape index (κ1) is 16.7. The van der Waals surface area contributed by atoms with E-state index in [-0.39, 0.29) is 0 Å². The van der Waals surface area contributed by atoms with E-state index in [1.54, 1.807) is 45.1 Å².